The predicted octanol–water partition coefficient (Wildman–Crippen LogP) is 4.19. The molecule has 124 valence electrons. The Morgan fingerprint density at radius 3 is 2.52 bits per heavy atom. The first-order chi connectivity index (χ1) is 11.0. The van der Waals surface area contributed by atoms with Crippen LogP contribution in [0.2, 0.25) is 0 Å². The van der Waals surface area contributed by atoms with Crippen molar-refractivity contribution in [1.82, 2.24) is 10.2 Å². The van der Waals surface area contributed by atoms with E-state index in [1.165, 1.54) is 10.4 Å². The average molecular weight is 332 g/mol. The molecule has 0 spiro atoms. The van der Waals surface area contributed by atoms with Crippen LogP contribution in [-0.2, 0) is 13.1 Å². The van der Waals surface area contributed by atoms with Gasteiger partial charge in [0.2, 0.25) is 0 Å². The number of hydrogen-bond donors (Lipinski definition) is 1. The van der Waals surface area contributed by atoms with Crippen LogP contribution < -0.4 is 10.1 Å². The second-order valence-corrected chi connectivity index (χ2v) is 6.85. The molecular weight excluding hydrogens is 308 g/mol. The van der Waals surface area contributed by atoms with Gasteiger partial charge in [0.05, 0.1) is 12.6 Å². The van der Waals surface area contributed by atoms with E-state index in [1.54, 1.807) is 16.2 Å². The lowest BCUT2D eigenvalue weighted by Gasteiger charge is -2.18. The number of nitrogens with zero attached hydrogens (tertiary/aromatic N) is 1. The first-order valence-electron chi connectivity index (χ1n) is 7.73. The SMILES string of the molecule is Cc1ccsc1CN(C)C(=O)NCc1ccc(OC(C)C)cc1. The first kappa shape index (κ1) is 17.3. The number of hydrogen-bond acceptors (Lipinski definition) is 3. The van der Waals surface area contributed by atoms with Gasteiger partial charge in [0.25, 0.3) is 0 Å². The van der Waals surface area contributed by atoms with E-state index in [0.29, 0.717) is 13.1 Å². The van der Waals surface area contributed by atoms with Crippen LogP contribution >= 0.6 is 11.3 Å². The van der Waals surface area contributed by atoms with Crippen molar-refractivity contribution in [2.24, 2.45) is 0 Å². The van der Waals surface area contributed by atoms with E-state index in [1.807, 2.05) is 45.2 Å². The third-order valence-electron chi connectivity index (χ3n) is 3.43. The van der Waals surface area contributed by atoms with Crippen molar-refractivity contribution in [1.29, 1.82) is 0 Å². The summed E-state index contributed by atoms with van der Waals surface area (Å²) in [7, 11) is 1.81. The summed E-state index contributed by atoms with van der Waals surface area (Å²) < 4.78 is 5.61. The summed E-state index contributed by atoms with van der Waals surface area (Å²) in [6.45, 7) is 7.21. The van der Waals surface area contributed by atoms with Gasteiger partial charge in [0, 0.05) is 18.5 Å². The van der Waals surface area contributed by atoms with Crippen LogP contribution in [0.5, 0.6) is 5.75 Å². The Hall–Kier alpha value is -2.01. The Labute approximate surface area is 142 Å². The molecule has 0 radical (unpaired) electrons. The van der Waals surface area contributed by atoms with Crippen molar-refractivity contribution in [3.05, 3.63) is 51.7 Å². The summed E-state index contributed by atoms with van der Waals surface area (Å²) >= 11 is 1.68. The summed E-state index contributed by atoms with van der Waals surface area (Å²) in [6.07, 6.45) is 0.162. The van der Waals surface area contributed by atoms with Crippen LogP contribution in [0.3, 0.4) is 0 Å². The van der Waals surface area contributed by atoms with Crippen molar-refractivity contribution < 1.29 is 9.53 Å². The van der Waals surface area contributed by atoms with E-state index < -0.39 is 0 Å². The molecule has 1 aromatic heterocycles. The maximum atomic E-state index is 12.2. The van der Waals surface area contributed by atoms with Crippen molar-refractivity contribution in [3.8, 4) is 5.75 Å². The van der Waals surface area contributed by atoms with Crippen LogP contribution in [0, 0.1) is 6.92 Å². The lowest BCUT2D eigenvalue weighted by atomic mass is 10.2. The van der Waals surface area contributed by atoms with Gasteiger partial charge in [-0.3, -0.25) is 0 Å². The van der Waals surface area contributed by atoms with Crippen molar-refractivity contribution in [2.45, 2.75) is 40.0 Å². The molecule has 0 aliphatic carbocycles. The predicted molar refractivity (Wildman–Crippen MR) is 95.0 cm³/mol. The Balaban J connectivity index is 1.82. The van der Waals surface area contributed by atoms with Gasteiger partial charge in [-0.1, -0.05) is 12.1 Å². The van der Waals surface area contributed by atoms with Gasteiger partial charge in [-0.15, -0.1) is 11.3 Å². The van der Waals surface area contributed by atoms with Gasteiger partial charge >= 0.3 is 6.03 Å². The molecule has 1 N–H and O–H groups in total. The Morgan fingerprint density at radius 1 is 1.26 bits per heavy atom. The number of ether oxygens (including phenoxy) is 1. The van der Waals surface area contributed by atoms with Crippen molar-refractivity contribution >= 4 is 17.4 Å². The number of aryl methyl sites for hydroxylation is 1. The number of nitrogens with one attached hydrogen (secondary N) is 1. The van der Waals surface area contributed by atoms with Gasteiger partial charge in [0.15, 0.2) is 0 Å². The lowest BCUT2D eigenvalue weighted by Crippen LogP contribution is -2.36. The third kappa shape index (κ3) is 5.28. The van der Waals surface area contributed by atoms with E-state index in [2.05, 4.69) is 23.7 Å². The quantitative estimate of drug-likeness (QED) is 0.862. The largest absolute Gasteiger partial charge is 0.491 e. The molecule has 0 fully saturated rings. The zero-order chi connectivity index (χ0) is 16.8. The Bertz CT molecular complexity index is 635. The smallest absolute Gasteiger partial charge is 0.317 e. The molecule has 23 heavy (non-hydrogen) atoms. The monoisotopic (exact) mass is 332 g/mol. The molecule has 1 aromatic carbocycles. The molecule has 0 saturated carbocycles. The number of urea groups is 1. The molecule has 0 aliphatic rings. The highest BCUT2D eigenvalue weighted by Crippen LogP contribution is 2.17. The molecule has 1 heterocycles. The van der Waals surface area contributed by atoms with E-state index >= 15 is 0 Å². The summed E-state index contributed by atoms with van der Waals surface area (Å²) in [4.78, 5) is 15.1. The first-order valence-corrected chi connectivity index (χ1v) is 8.61. The van der Waals surface area contributed by atoms with E-state index in [4.69, 9.17) is 4.74 Å². The van der Waals surface area contributed by atoms with Gasteiger partial charge in [-0.25, -0.2) is 4.79 Å². The minimum absolute atomic E-state index is 0.0692. The molecule has 0 unspecified atom stereocenters. The van der Waals surface area contributed by atoms with Crippen molar-refractivity contribution in [3.63, 3.8) is 0 Å². The number of rotatable bonds is 6. The molecule has 0 bridgehead atoms. The van der Waals surface area contributed by atoms with Crippen molar-refractivity contribution in [2.75, 3.05) is 7.05 Å². The second-order valence-electron chi connectivity index (χ2n) is 5.85. The van der Waals surface area contributed by atoms with E-state index in [-0.39, 0.29) is 12.1 Å². The summed E-state index contributed by atoms with van der Waals surface area (Å²) in [5.74, 6) is 0.848. The van der Waals surface area contributed by atoms with Crippen LogP contribution in [-0.4, -0.2) is 24.1 Å². The summed E-state index contributed by atoms with van der Waals surface area (Å²) in [6, 6.07) is 9.82. The Morgan fingerprint density at radius 2 is 1.96 bits per heavy atom. The van der Waals surface area contributed by atoms with Gasteiger partial charge in [0.1, 0.15) is 5.75 Å². The molecular formula is C18H24N2O2S. The molecule has 2 aromatic rings. The molecule has 2 rings (SSSR count). The van der Waals surface area contributed by atoms with Crippen LogP contribution in [0.25, 0.3) is 0 Å². The molecule has 5 heteroatoms. The lowest BCUT2D eigenvalue weighted by molar-refractivity contribution is 0.207. The topological polar surface area (TPSA) is 41.6 Å². The molecule has 0 atom stereocenters. The summed E-state index contributed by atoms with van der Waals surface area (Å²) in [5, 5.41) is 4.99. The fourth-order valence-corrected chi connectivity index (χ4v) is 3.08. The molecule has 2 amide bonds. The van der Waals surface area contributed by atoms with E-state index in [0.717, 1.165) is 11.3 Å². The number of carbonyl (C=O) groups excluding carboxylic acids is 1. The zero-order valence-electron chi connectivity index (χ0n) is 14.1. The number of thiophene rings is 1. The Kier molecular flexibility index (Phi) is 6.04. The maximum Gasteiger partial charge on any atom is 0.317 e. The minimum atomic E-state index is -0.0692. The number of carbonyl (C=O) groups is 1. The minimum Gasteiger partial charge on any atom is -0.491 e. The normalized spacial score (nSPS) is 10.7. The zero-order valence-corrected chi connectivity index (χ0v) is 14.9. The fourth-order valence-electron chi connectivity index (χ4n) is 2.12. The third-order valence-corrected chi connectivity index (χ3v) is 4.44. The van der Waals surface area contributed by atoms with Crippen LogP contribution in [0.15, 0.2) is 35.7 Å². The highest BCUT2D eigenvalue weighted by atomic mass is 32.1. The van der Waals surface area contributed by atoms with Gasteiger partial charge in [-0.05, 0) is 55.5 Å². The number of benzene rings is 1. The molecule has 0 saturated heterocycles. The average Bonchev–Trinajstić information content (AvgIpc) is 2.91. The van der Waals surface area contributed by atoms with E-state index in [9.17, 15) is 4.79 Å². The standard InChI is InChI=1S/C18H24N2O2S/c1-13(2)22-16-7-5-15(6-8-16)11-19-18(21)20(4)12-17-14(3)9-10-23-17/h5-10,13H,11-12H2,1-4H3,(H,19,21). The summed E-state index contributed by atoms with van der Waals surface area (Å²) in [5.41, 5.74) is 2.28. The van der Waals surface area contributed by atoms with Gasteiger partial charge in [-0.2, -0.15) is 0 Å². The van der Waals surface area contributed by atoms with Crippen LogP contribution in [0.4, 0.5) is 4.79 Å². The van der Waals surface area contributed by atoms with Crippen LogP contribution in [0.1, 0.15) is 29.9 Å². The molecule has 4 nitrogen and oxygen atoms in total. The number of amides is 2. The second kappa shape index (κ2) is 8.02. The highest BCUT2D eigenvalue weighted by molar-refractivity contribution is 7.10. The van der Waals surface area contributed by atoms with Gasteiger partial charge < -0.3 is 15.0 Å². The molecule has 0 aliphatic heterocycles. The maximum absolute atomic E-state index is 12.2. The highest BCUT2D eigenvalue weighted by Gasteiger charge is 2.11. The fraction of sp³-hybridized carbons (Fsp3) is 0.389.